The summed E-state index contributed by atoms with van der Waals surface area (Å²) in [7, 11) is 0. The van der Waals surface area contributed by atoms with Crippen molar-refractivity contribution in [1.82, 2.24) is 5.32 Å². The Bertz CT molecular complexity index is 461. The van der Waals surface area contributed by atoms with E-state index in [-0.39, 0.29) is 18.6 Å². The number of rotatable bonds is 5. The van der Waals surface area contributed by atoms with Crippen LogP contribution in [0.2, 0.25) is 0 Å². The number of nitrogens with one attached hydrogen (secondary N) is 1. The summed E-state index contributed by atoms with van der Waals surface area (Å²) in [5.74, 6) is -0.702. The van der Waals surface area contributed by atoms with Crippen LogP contribution >= 0.6 is 11.3 Å². The number of thiophene rings is 1. The fourth-order valence-corrected chi connectivity index (χ4v) is 2.86. The SMILES string of the molecule is O=C(COC(=O)/C=C/c1cccs1)NC1CCCCC1. The Morgan fingerprint density at radius 1 is 1.35 bits per heavy atom. The van der Waals surface area contributed by atoms with Crippen molar-refractivity contribution >= 4 is 29.3 Å². The van der Waals surface area contributed by atoms with Gasteiger partial charge in [-0.3, -0.25) is 4.79 Å². The standard InChI is InChI=1S/C15H19NO3S/c17-14(16-12-5-2-1-3-6-12)11-19-15(18)9-8-13-7-4-10-20-13/h4,7-10,12H,1-3,5-6,11H2,(H,16,17)/b9-8+. The van der Waals surface area contributed by atoms with E-state index < -0.39 is 5.97 Å². The highest BCUT2D eigenvalue weighted by Gasteiger charge is 2.16. The molecule has 2 rings (SSSR count). The van der Waals surface area contributed by atoms with E-state index in [0.29, 0.717) is 0 Å². The van der Waals surface area contributed by atoms with Crippen LogP contribution < -0.4 is 5.32 Å². The third-order valence-corrected chi connectivity index (χ3v) is 4.08. The molecule has 4 nitrogen and oxygen atoms in total. The molecule has 0 saturated heterocycles. The van der Waals surface area contributed by atoms with Crippen LogP contribution in [0.5, 0.6) is 0 Å². The molecule has 1 N–H and O–H groups in total. The first-order valence-corrected chi connectivity index (χ1v) is 7.80. The van der Waals surface area contributed by atoms with Gasteiger partial charge in [-0.25, -0.2) is 4.79 Å². The van der Waals surface area contributed by atoms with E-state index in [1.165, 1.54) is 23.8 Å². The molecule has 0 spiro atoms. The lowest BCUT2D eigenvalue weighted by Gasteiger charge is -2.22. The minimum Gasteiger partial charge on any atom is -0.452 e. The maximum absolute atomic E-state index is 11.6. The molecule has 20 heavy (non-hydrogen) atoms. The summed E-state index contributed by atoms with van der Waals surface area (Å²) in [6.45, 7) is -0.204. The average Bonchev–Trinajstić information content (AvgIpc) is 2.97. The Balaban J connectivity index is 1.66. The van der Waals surface area contributed by atoms with E-state index in [4.69, 9.17) is 4.74 Å². The molecule has 1 saturated carbocycles. The minimum absolute atomic E-state index is 0.204. The Labute approximate surface area is 122 Å². The lowest BCUT2D eigenvalue weighted by molar-refractivity contribution is -0.144. The van der Waals surface area contributed by atoms with E-state index >= 15 is 0 Å². The monoisotopic (exact) mass is 293 g/mol. The number of hydrogen-bond acceptors (Lipinski definition) is 4. The quantitative estimate of drug-likeness (QED) is 0.671. The van der Waals surface area contributed by atoms with Gasteiger partial charge in [-0.2, -0.15) is 0 Å². The first-order valence-electron chi connectivity index (χ1n) is 6.92. The van der Waals surface area contributed by atoms with Crippen LogP contribution in [0.3, 0.4) is 0 Å². The predicted molar refractivity (Wildman–Crippen MR) is 79.3 cm³/mol. The van der Waals surface area contributed by atoms with Crippen LogP contribution in [-0.4, -0.2) is 24.5 Å². The number of ether oxygens (including phenoxy) is 1. The first kappa shape index (κ1) is 14.8. The largest absolute Gasteiger partial charge is 0.452 e. The van der Waals surface area contributed by atoms with E-state index in [1.54, 1.807) is 6.08 Å². The molecule has 0 unspecified atom stereocenters. The Hall–Kier alpha value is -1.62. The van der Waals surface area contributed by atoms with Crippen LogP contribution in [0, 0.1) is 0 Å². The second-order valence-corrected chi connectivity index (χ2v) is 5.84. The van der Waals surface area contributed by atoms with Gasteiger partial charge < -0.3 is 10.1 Å². The molecule has 0 bridgehead atoms. The fourth-order valence-electron chi connectivity index (χ4n) is 2.24. The summed E-state index contributed by atoms with van der Waals surface area (Å²) in [5.41, 5.74) is 0. The summed E-state index contributed by atoms with van der Waals surface area (Å²) in [5, 5.41) is 4.84. The minimum atomic E-state index is -0.489. The van der Waals surface area contributed by atoms with E-state index in [0.717, 1.165) is 30.6 Å². The smallest absolute Gasteiger partial charge is 0.331 e. The number of hydrogen-bond donors (Lipinski definition) is 1. The summed E-state index contributed by atoms with van der Waals surface area (Å²) in [6, 6.07) is 4.06. The topological polar surface area (TPSA) is 55.4 Å². The van der Waals surface area contributed by atoms with Gasteiger partial charge >= 0.3 is 5.97 Å². The van der Waals surface area contributed by atoms with Crippen LogP contribution in [0.4, 0.5) is 0 Å². The van der Waals surface area contributed by atoms with Gasteiger partial charge in [0.15, 0.2) is 6.61 Å². The van der Waals surface area contributed by atoms with Crippen molar-refractivity contribution in [2.45, 2.75) is 38.1 Å². The number of carbonyl (C=O) groups is 2. The second-order valence-electron chi connectivity index (χ2n) is 4.86. The van der Waals surface area contributed by atoms with Gasteiger partial charge in [-0.15, -0.1) is 11.3 Å². The maximum atomic E-state index is 11.6. The van der Waals surface area contributed by atoms with E-state index in [1.807, 2.05) is 17.5 Å². The van der Waals surface area contributed by atoms with Crippen molar-refractivity contribution in [1.29, 1.82) is 0 Å². The molecule has 0 aromatic carbocycles. The lowest BCUT2D eigenvalue weighted by atomic mass is 9.95. The summed E-state index contributed by atoms with van der Waals surface area (Å²) in [6.07, 6.45) is 8.65. The molecule has 1 aliphatic rings. The zero-order valence-corrected chi connectivity index (χ0v) is 12.2. The van der Waals surface area contributed by atoms with Gasteiger partial charge in [0.2, 0.25) is 0 Å². The zero-order chi connectivity index (χ0) is 14.2. The molecule has 1 aromatic rings. The van der Waals surface area contributed by atoms with E-state index in [9.17, 15) is 9.59 Å². The highest BCUT2D eigenvalue weighted by Crippen LogP contribution is 2.17. The van der Waals surface area contributed by atoms with Crippen molar-refractivity contribution in [3.63, 3.8) is 0 Å². The van der Waals surface area contributed by atoms with Gasteiger partial charge in [-0.05, 0) is 30.4 Å². The molecular formula is C15H19NO3S. The number of esters is 1. The van der Waals surface area contributed by atoms with Crippen LogP contribution in [-0.2, 0) is 14.3 Å². The van der Waals surface area contributed by atoms with Gasteiger partial charge in [0.25, 0.3) is 5.91 Å². The number of carbonyl (C=O) groups excluding carboxylic acids is 2. The summed E-state index contributed by atoms with van der Waals surface area (Å²) >= 11 is 1.54. The molecule has 1 heterocycles. The summed E-state index contributed by atoms with van der Waals surface area (Å²) in [4.78, 5) is 24.1. The van der Waals surface area contributed by atoms with Crippen molar-refractivity contribution in [3.8, 4) is 0 Å². The fraction of sp³-hybridized carbons (Fsp3) is 0.467. The maximum Gasteiger partial charge on any atom is 0.331 e. The molecule has 1 aromatic heterocycles. The molecule has 1 aliphatic carbocycles. The third-order valence-electron chi connectivity index (χ3n) is 3.24. The molecule has 0 radical (unpaired) electrons. The first-order chi connectivity index (χ1) is 9.74. The highest BCUT2D eigenvalue weighted by atomic mass is 32.1. The molecule has 1 fully saturated rings. The van der Waals surface area contributed by atoms with E-state index in [2.05, 4.69) is 5.32 Å². The van der Waals surface area contributed by atoms with Crippen molar-refractivity contribution in [2.24, 2.45) is 0 Å². The number of amides is 1. The highest BCUT2D eigenvalue weighted by molar-refractivity contribution is 7.10. The predicted octanol–water partition coefficient (Wildman–Crippen LogP) is 2.75. The van der Waals surface area contributed by atoms with Crippen LogP contribution in [0.15, 0.2) is 23.6 Å². The zero-order valence-electron chi connectivity index (χ0n) is 11.3. The molecule has 0 aliphatic heterocycles. The van der Waals surface area contributed by atoms with Crippen LogP contribution in [0.1, 0.15) is 37.0 Å². The van der Waals surface area contributed by atoms with Crippen molar-refractivity contribution in [2.75, 3.05) is 6.61 Å². The normalized spacial score (nSPS) is 16.2. The Morgan fingerprint density at radius 3 is 2.85 bits per heavy atom. The molecule has 1 amide bonds. The Kier molecular flexibility index (Phi) is 5.80. The van der Waals surface area contributed by atoms with Gasteiger partial charge in [0, 0.05) is 17.0 Å². The van der Waals surface area contributed by atoms with Gasteiger partial charge in [-0.1, -0.05) is 25.3 Å². The summed E-state index contributed by atoms with van der Waals surface area (Å²) < 4.78 is 4.91. The molecule has 5 heteroatoms. The van der Waals surface area contributed by atoms with Crippen molar-refractivity contribution in [3.05, 3.63) is 28.5 Å². The average molecular weight is 293 g/mol. The third kappa shape index (κ3) is 5.17. The molecule has 108 valence electrons. The van der Waals surface area contributed by atoms with Crippen molar-refractivity contribution < 1.29 is 14.3 Å². The lowest BCUT2D eigenvalue weighted by Crippen LogP contribution is -2.38. The Morgan fingerprint density at radius 2 is 2.15 bits per heavy atom. The van der Waals surface area contributed by atoms with Crippen LogP contribution in [0.25, 0.3) is 6.08 Å². The molecule has 0 atom stereocenters. The van der Waals surface area contributed by atoms with Gasteiger partial charge in [0.1, 0.15) is 0 Å². The molecular weight excluding hydrogens is 274 g/mol. The van der Waals surface area contributed by atoms with Gasteiger partial charge in [0.05, 0.1) is 0 Å². The second kappa shape index (κ2) is 7.85.